The molecule has 128 valence electrons. The molecule has 2 fully saturated rings. The van der Waals surface area contributed by atoms with Gasteiger partial charge in [-0.15, -0.1) is 0 Å². The second kappa shape index (κ2) is 8.13. The lowest BCUT2D eigenvalue weighted by Crippen LogP contribution is -2.51. The van der Waals surface area contributed by atoms with E-state index in [1.165, 1.54) is 0 Å². The van der Waals surface area contributed by atoms with Crippen molar-refractivity contribution in [3.05, 3.63) is 0 Å². The van der Waals surface area contributed by atoms with E-state index in [0.717, 1.165) is 45.7 Å². The number of aliphatic hydroxyl groups excluding tert-OH is 1. The summed E-state index contributed by atoms with van der Waals surface area (Å²) in [5.74, 6) is 0.737. The fourth-order valence-electron chi connectivity index (χ4n) is 3.14. The van der Waals surface area contributed by atoms with E-state index in [2.05, 4.69) is 29.1 Å². The highest BCUT2D eigenvalue weighted by Crippen LogP contribution is 2.16. The summed E-state index contributed by atoms with van der Waals surface area (Å²) in [7, 11) is 2.16. The fourth-order valence-corrected chi connectivity index (χ4v) is 3.14. The molecule has 0 aromatic carbocycles. The summed E-state index contributed by atoms with van der Waals surface area (Å²) in [6, 6.07) is -0.0313. The second-order valence-electron chi connectivity index (χ2n) is 7.17. The number of likely N-dealkylation sites (N-methyl/N-ethyl adjacent to an activating group) is 1. The number of carbonyl (C=O) groups is 1. The van der Waals surface area contributed by atoms with Gasteiger partial charge < -0.3 is 25.1 Å². The van der Waals surface area contributed by atoms with Crippen LogP contribution in [-0.2, 0) is 0 Å². The number of amides is 2. The molecule has 2 N–H and O–H groups in total. The zero-order chi connectivity index (χ0) is 16.1. The molecule has 0 spiro atoms. The quantitative estimate of drug-likeness (QED) is 0.783. The zero-order valence-corrected chi connectivity index (χ0v) is 14.3. The van der Waals surface area contributed by atoms with Crippen LogP contribution < -0.4 is 5.32 Å². The van der Waals surface area contributed by atoms with Crippen LogP contribution in [0.3, 0.4) is 0 Å². The van der Waals surface area contributed by atoms with Crippen LogP contribution in [0.15, 0.2) is 0 Å². The summed E-state index contributed by atoms with van der Waals surface area (Å²) in [6.45, 7) is 11.7. The first-order valence-electron chi connectivity index (χ1n) is 8.57. The van der Waals surface area contributed by atoms with Crippen molar-refractivity contribution in [1.29, 1.82) is 0 Å². The first kappa shape index (κ1) is 17.5. The summed E-state index contributed by atoms with van der Waals surface area (Å²) in [5, 5.41) is 12.9. The van der Waals surface area contributed by atoms with Gasteiger partial charge in [0.25, 0.3) is 0 Å². The van der Waals surface area contributed by atoms with Gasteiger partial charge in [-0.25, -0.2) is 4.79 Å². The maximum atomic E-state index is 12.2. The molecule has 0 saturated carbocycles. The number of hydrogen-bond acceptors (Lipinski definition) is 4. The molecule has 6 nitrogen and oxygen atoms in total. The predicted octanol–water partition coefficient (Wildman–Crippen LogP) is 0.282. The number of likely N-dealkylation sites (tertiary alicyclic amines) is 1. The summed E-state index contributed by atoms with van der Waals surface area (Å²) in [5.41, 5.74) is 0. The number of piperidine rings is 1. The number of piperazine rings is 1. The Morgan fingerprint density at radius 1 is 1.27 bits per heavy atom. The van der Waals surface area contributed by atoms with Gasteiger partial charge in [0.05, 0.1) is 6.10 Å². The van der Waals surface area contributed by atoms with Crippen LogP contribution >= 0.6 is 0 Å². The first-order chi connectivity index (χ1) is 10.5. The molecule has 2 amide bonds. The Kier molecular flexibility index (Phi) is 6.47. The van der Waals surface area contributed by atoms with Gasteiger partial charge in [0.2, 0.25) is 0 Å². The predicted molar refractivity (Wildman–Crippen MR) is 87.9 cm³/mol. The summed E-state index contributed by atoms with van der Waals surface area (Å²) >= 11 is 0. The standard InChI is InChI=1S/C16H32N4O2/c1-13(11-19-8-6-18(3)7-9-19)10-17-16(22)20-5-4-14(2)15(21)12-20/h13-15,21H,4-12H2,1-3H3,(H,17,22). The highest BCUT2D eigenvalue weighted by Gasteiger charge is 2.27. The van der Waals surface area contributed by atoms with Crippen LogP contribution in [-0.4, -0.2) is 91.3 Å². The third-order valence-corrected chi connectivity index (χ3v) is 4.97. The van der Waals surface area contributed by atoms with Gasteiger partial charge in [-0.3, -0.25) is 0 Å². The average Bonchev–Trinajstić information content (AvgIpc) is 2.50. The zero-order valence-electron chi connectivity index (χ0n) is 14.3. The highest BCUT2D eigenvalue weighted by molar-refractivity contribution is 5.74. The van der Waals surface area contributed by atoms with Crippen LogP contribution in [0.5, 0.6) is 0 Å². The number of urea groups is 1. The van der Waals surface area contributed by atoms with Crippen molar-refractivity contribution in [1.82, 2.24) is 20.0 Å². The number of aliphatic hydroxyl groups is 1. The van der Waals surface area contributed by atoms with E-state index >= 15 is 0 Å². The summed E-state index contributed by atoms with van der Waals surface area (Å²) < 4.78 is 0. The topological polar surface area (TPSA) is 59.1 Å². The SMILES string of the molecule is CC(CNC(=O)N1CCC(C)C(O)C1)CN1CCN(C)CC1. The van der Waals surface area contributed by atoms with Crippen LogP contribution in [0, 0.1) is 11.8 Å². The van der Waals surface area contributed by atoms with Gasteiger partial charge >= 0.3 is 6.03 Å². The van der Waals surface area contributed by atoms with Crippen molar-refractivity contribution in [2.75, 3.05) is 59.4 Å². The minimum absolute atomic E-state index is 0.0313. The normalized spacial score (nSPS) is 29.4. The van der Waals surface area contributed by atoms with Gasteiger partial charge in [-0.2, -0.15) is 0 Å². The Morgan fingerprint density at radius 2 is 1.95 bits per heavy atom. The lowest BCUT2D eigenvalue weighted by Gasteiger charge is -2.35. The van der Waals surface area contributed by atoms with Crippen LogP contribution in [0.2, 0.25) is 0 Å². The van der Waals surface area contributed by atoms with E-state index in [0.29, 0.717) is 24.9 Å². The molecule has 0 aliphatic carbocycles. The molecule has 0 radical (unpaired) electrons. The molecule has 2 heterocycles. The van der Waals surface area contributed by atoms with Crippen molar-refractivity contribution in [2.45, 2.75) is 26.4 Å². The van der Waals surface area contributed by atoms with E-state index in [4.69, 9.17) is 0 Å². The van der Waals surface area contributed by atoms with Crippen molar-refractivity contribution in [2.24, 2.45) is 11.8 Å². The molecule has 2 aliphatic rings. The Labute approximate surface area is 134 Å². The molecule has 2 aliphatic heterocycles. The molecule has 0 bridgehead atoms. The van der Waals surface area contributed by atoms with E-state index < -0.39 is 0 Å². The van der Waals surface area contributed by atoms with Crippen molar-refractivity contribution in [3.63, 3.8) is 0 Å². The van der Waals surface area contributed by atoms with Crippen LogP contribution in [0.25, 0.3) is 0 Å². The molecule has 6 heteroatoms. The fraction of sp³-hybridized carbons (Fsp3) is 0.938. The molecular weight excluding hydrogens is 280 g/mol. The van der Waals surface area contributed by atoms with Crippen LogP contribution in [0.4, 0.5) is 4.79 Å². The van der Waals surface area contributed by atoms with Crippen molar-refractivity contribution < 1.29 is 9.90 Å². The third kappa shape index (κ3) is 5.11. The van der Waals surface area contributed by atoms with Gasteiger partial charge in [-0.1, -0.05) is 13.8 Å². The van der Waals surface area contributed by atoms with E-state index in [1.807, 2.05) is 6.92 Å². The maximum Gasteiger partial charge on any atom is 0.317 e. The van der Waals surface area contributed by atoms with Crippen LogP contribution in [0.1, 0.15) is 20.3 Å². The molecule has 3 atom stereocenters. The minimum atomic E-state index is -0.387. The van der Waals surface area contributed by atoms with E-state index in [-0.39, 0.29) is 12.1 Å². The Morgan fingerprint density at radius 3 is 2.59 bits per heavy atom. The molecule has 3 unspecified atom stereocenters. The molecule has 0 aromatic rings. The largest absolute Gasteiger partial charge is 0.391 e. The monoisotopic (exact) mass is 312 g/mol. The van der Waals surface area contributed by atoms with Crippen molar-refractivity contribution in [3.8, 4) is 0 Å². The van der Waals surface area contributed by atoms with Gasteiger partial charge in [0.15, 0.2) is 0 Å². The lowest BCUT2D eigenvalue weighted by atomic mass is 9.96. The first-order valence-corrected chi connectivity index (χ1v) is 8.57. The minimum Gasteiger partial charge on any atom is -0.391 e. The van der Waals surface area contributed by atoms with Gasteiger partial charge in [0, 0.05) is 52.4 Å². The third-order valence-electron chi connectivity index (χ3n) is 4.97. The Balaban J connectivity index is 1.65. The number of rotatable bonds is 4. The second-order valence-corrected chi connectivity index (χ2v) is 7.17. The Hall–Kier alpha value is -0.850. The summed E-state index contributed by atoms with van der Waals surface area (Å²) in [6.07, 6.45) is 0.494. The molecule has 2 saturated heterocycles. The van der Waals surface area contributed by atoms with E-state index in [1.54, 1.807) is 4.90 Å². The number of hydrogen-bond donors (Lipinski definition) is 2. The molecule has 22 heavy (non-hydrogen) atoms. The lowest BCUT2D eigenvalue weighted by molar-refractivity contribution is 0.0433. The number of β-amino-alcohol motifs (C(OH)–C–C–N with tert-alkyl or cyclic N) is 1. The molecule has 2 rings (SSSR count). The maximum absolute atomic E-state index is 12.2. The number of carbonyl (C=O) groups excluding carboxylic acids is 1. The van der Waals surface area contributed by atoms with Crippen molar-refractivity contribution >= 4 is 6.03 Å². The van der Waals surface area contributed by atoms with Gasteiger partial charge in [-0.05, 0) is 25.3 Å². The average molecular weight is 312 g/mol. The number of nitrogens with one attached hydrogen (secondary N) is 1. The smallest absolute Gasteiger partial charge is 0.317 e. The van der Waals surface area contributed by atoms with E-state index in [9.17, 15) is 9.90 Å². The summed E-state index contributed by atoms with van der Waals surface area (Å²) in [4.78, 5) is 18.7. The highest BCUT2D eigenvalue weighted by atomic mass is 16.3. The Bertz CT molecular complexity index is 358. The molecule has 0 aromatic heterocycles. The molecular formula is C16H32N4O2. The number of nitrogens with zero attached hydrogens (tertiary/aromatic N) is 3. The van der Waals surface area contributed by atoms with Gasteiger partial charge in [0.1, 0.15) is 0 Å².